The van der Waals surface area contributed by atoms with E-state index in [2.05, 4.69) is 10.3 Å². The van der Waals surface area contributed by atoms with Crippen molar-refractivity contribution in [3.05, 3.63) is 52.1 Å². The van der Waals surface area contributed by atoms with E-state index in [1.807, 2.05) is 22.7 Å². The number of anilines is 1. The van der Waals surface area contributed by atoms with Crippen LogP contribution in [0.25, 0.3) is 0 Å². The second-order valence-electron chi connectivity index (χ2n) is 7.75. The fraction of sp³-hybridized carbons (Fsp3) is 0.474. The van der Waals surface area contributed by atoms with Crippen LogP contribution in [-0.2, 0) is 13.6 Å². The maximum absolute atomic E-state index is 13.5. The number of nitrogens with one attached hydrogen (secondary N) is 1. The quantitative estimate of drug-likeness (QED) is 0.434. The topological polar surface area (TPSA) is 119 Å². The van der Waals surface area contributed by atoms with Crippen LogP contribution in [0.5, 0.6) is 0 Å². The molecule has 1 saturated carbocycles. The number of nitro benzene ring substituents is 1. The molecule has 1 unspecified atom stereocenters. The first-order valence-electron chi connectivity index (χ1n) is 9.43. The molecule has 2 fully saturated rings. The summed E-state index contributed by atoms with van der Waals surface area (Å²) < 4.78 is 1.88. The maximum atomic E-state index is 13.5. The van der Waals surface area contributed by atoms with E-state index in [0.29, 0.717) is 6.54 Å². The zero-order chi connectivity index (χ0) is 19.9. The van der Waals surface area contributed by atoms with Gasteiger partial charge in [0.25, 0.3) is 11.6 Å². The van der Waals surface area contributed by atoms with Gasteiger partial charge in [-0.25, -0.2) is 4.98 Å². The van der Waals surface area contributed by atoms with Crippen molar-refractivity contribution in [3.63, 3.8) is 0 Å². The Bertz CT molecular complexity index is 924. The van der Waals surface area contributed by atoms with E-state index >= 15 is 0 Å². The predicted molar refractivity (Wildman–Crippen MR) is 111 cm³/mol. The Kier molecular flexibility index (Phi) is 5.81. The van der Waals surface area contributed by atoms with E-state index in [0.717, 1.165) is 38.2 Å². The molecule has 1 aliphatic heterocycles. The largest absolute Gasteiger partial charge is 0.398 e. The number of nitrogens with two attached hydrogens (primary N) is 1. The minimum absolute atomic E-state index is 0. The number of benzene rings is 1. The molecule has 2 heterocycles. The molecule has 156 valence electrons. The van der Waals surface area contributed by atoms with Crippen molar-refractivity contribution in [1.82, 2.24) is 19.8 Å². The summed E-state index contributed by atoms with van der Waals surface area (Å²) in [6.45, 7) is 2.24. The number of rotatable bonds is 5. The van der Waals surface area contributed by atoms with Gasteiger partial charge in [0.15, 0.2) is 0 Å². The summed E-state index contributed by atoms with van der Waals surface area (Å²) in [5.74, 6) is 0.498. The molecule has 9 nitrogen and oxygen atoms in total. The van der Waals surface area contributed by atoms with Crippen molar-refractivity contribution in [3.8, 4) is 0 Å². The maximum Gasteiger partial charge on any atom is 0.270 e. The standard InChI is InChI=1S/C19H24N6O3.ClH/c1-23-9-8-22-17(23)12-24(16-11-19(16)4-6-21-7-5-19)18(26)14-10-13(25(27)28)2-3-15(14)20;/h2-3,8-10,16,21H,4-7,11-12,20H2,1H3;1H. The van der Waals surface area contributed by atoms with E-state index in [1.165, 1.54) is 18.2 Å². The van der Waals surface area contributed by atoms with Crippen LogP contribution in [0, 0.1) is 15.5 Å². The molecule has 1 saturated heterocycles. The van der Waals surface area contributed by atoms with E-state index < -0.39 is 4.92 Å². The summed E-state index contributed by atoms with van der Waals surface area (Å²) in [6, 6.07) is 4.12. The number of aryl methyl sites for hydroxylation is 1. The third-order valence-corrected chi connectivity index (χ3v) is 6.09. The number of aromatic nitrogens is 2. The van der Waals surface area contributed by atoms with Gasteiger partial charge in [-0.15, -0.1) is 12.4 Å². The Balaban J connectivity index is 0.00000240. The normalized spacial score (nSPS) is 19.4. The lowest BCUT2D eigenvalue weighted by molar-refractivity contribution is -0.384. The van der Waals surface area contributed by atoms with Crippen LogP contribution in [0.4, 0.5) is 11.4 Å². The number of piperidine rings is 1. The van der Waals surface area contributed by atoms with E-state index in [-0.39, 0.29) is 46.7 Å². The molecule has 1 aromatic heterocycles. The first-order chi connectivity index (χ1) is 13.4. The van der Waals surface area contributed by atoms with E-state index in [1.54, 1.807) is 6.20 Å². The molecule has 1 amide bonds. The van der Waals surface area contributed by atoms with Gasteiger partial charge in [0, 0.05) is 43.3 Å². The van der Waals surface area contributed by atoms with Gasteiger partial charge in [-0.2, -0.15) is 0 Å². The van der Waals surface area contributed by atoms with Crippen LogP contribution >= 0.6 is 12.4 Å². The third-order valence-electron chi connectivity index (χ3n) is 6.09. The lowest BCUT2D eigenvalue weighted by atomic mass is 9.93. The molecule has 1 spiro atoms. The van der Waals surface area contributed by atoms with Crippen molar-refractivity contribution in [2.75, 3.05) is 18.8 Å². The SMILES string of the molecule is Cl.Cn1ccnc1CN(C(=O)c1cc([N+](=O)[O-])ccc1N)C1CC12CCNCC2. The number of carbonyl (C=O) groups excluding carboxylic acids is 1. The van der Waals surface area contributed by atoms with E-state index in [9.17, 15) is 14.9 Å². The van der Waals surface area contributed by atoms with Crippen molar-refractivity contribution in [2.24, 2.45) is 12.5 Å². The van der Waals surface area contributed by atoms with Crippen LogP contribution in [0.1, 0.15) is 35.4 Å². The molecule has 1 atom stereocenters. The number of halogens is 1. The molecule has 2 aliphatic rings. The van der Waals surface area contributed by atoms with Gasteiger partial charge in [0.05, 0.1) is 17.0 Å². The van der Waals surface area contributed by atoms with Crippen molar-refractivity contribution in [2.45, 2.75) is 31.8 Å². The molecule has 10 heteroatoms. The zero-order valence-corrected chi connectivity index (χ0v) is 17.0. The monoisotopic (exact) mass is 420 g/mol. The summed E-state index contributed by atoms with van der Waals surface area (Å²) >= 11 is 0. The molecular formula is C19H25ClN6O3. The van der Waals surface area contributed by atoms with Crippen molar-refractivity contribution < 1.29 is 9.72 Å². The van der Waals surface area contributed by atoms with Crippen molar-refractivity contribution >= 4 is 29.7 Å². The van der Waals surface area contributed by atoms with Crippen LogP contribution in [-0.4, -0.2) is 44.4 Å². The first-order valence-corrected chi connectivity index (χ1v) is 9.43. The zero-order valence-electron chi connectivity index (χ0n) is 16.2. The van der Waals surface area contributed by atoms with Crippen LogP contribution < -0.4 is 11.1 Å². The molecule has 1 aliphatic carbocycles. The lowest BCUT2D eigenvalue weighted by Gasteiger charge is -2.29. The molecule has 0 radical (unpaired) electrons. The molecule has 0 bridgehead atoms. The number of amides is 1. The second-order valence-corrected chi connectivity index (χ2v) is 7.75. The van der Waals surface area contributed by atoms with Gasteiger partial charge in [0.2, 0.25) is 0 Å². The fourth-order valence-corrected chi connectivity index (χ4v) is 4.25. The van der Waals surface area contributed by atoms with Crippen LogP contribution in [0.3, 0.4) is 0 Å². The summed E-state index contributed by atoms with van der Waals surface area (Å²) in [5, 5.41) is 14.5. The summed E-state index contributed by atoms with van der Waals surface area (Å²) in [6.07, 6.45) is 6.53. The molecule has 2 aromatic rings. The molecule has 3 N–H and O–H groups in total. The number of imidazole rings is 1. The molecule has 4 rings (SSSR count). The van der Waals surface area contributed by atoms with Gasteiger partial charge in [0.1, 0.15) is 5.82 Å². The third kappa shape index (κ3) is 3.92. The number of nitro groups is 1. The highest BCUT2D eigenvalue weighted by Gasteiger charge is 2.58. The summed E-state index contributed by atoms with van der Waals surface area (Å²) in [7, 11) is 1.89. The average Bonchev–Trinajstić information content (AvgIpc) is 3.19. The van der Waals surface area contributed by atoms with Gasteiger partial charge < -0.3 is 20.5 Å². The number of nitrogens with zero attached hydrogens (tertiary/aromatic N) is 4. The predicted octanol–water partition coefficient (Wildman–Crippen LogP) is 2.12. The van der Waals surface area contributed by atoms with Gasteiger partial charge >= 0.3 is 0 Å². The first kappa shape index (κ1) is 21.1. The second kappa shape index (κ2) is 8.00. The average molecular weight is 421 g/mol. The minimum Gasteiger partial charge on any atom is -0.398 e. The number of hydrogen-bond donors (Lipinski definition) is 2. The Morgan fingerprint density at radius 2 is 2.17 bits per heavy atom. The molecular weight excluding hydrogens is 396 g/mol. The van der Waals surface area contributed by atoms with Crippen molar-refractivity contribution in [1.29, 1.82) is 0 Å². The number of hydrogen-bond acceptors (Lipinski definition) is 6. The Morgan fingerprint density at radius 1 is 1.45 bits per heavy atom. The minimum atomic E-state index is -0.509. The number of carbonyl (C=O) groups is 1. The van der Waals surface area contributed by atoms with Gasteiger partial charge in [-0.1, -0.05) is 0 Å². The molecule has 1 aromatic carbocycles. The number of non-ortho nitro benzene ring substituents is 1. The Labute approximate surface area is 174 Å². The van der Waals surface area contributed by atoms with Crippen LogP contribution in [0.15, 0.2) is 30.6 Å². The van der Waals surface area contributed by atoms with E-state index in [4.69, 9.17) is 5.73 Å². The van der Waals surface area contributed by atoms with Gasteiger partial charge in [-0.05, 0) is 43.8 Å². The highest BCUT2D eigenvalue weighted by atomic mass is 35.5. The van der Waals surface area contributed by atoms with Crippen LogP contribution in [0.2, 0.25) is 0 Å². The Hall–Kier alpha value is -2.65. The fourth-order valence-electron chi connectivity index (χ4n) is 4.25. The number of nitrogen functional groups attached to an aromatic ring is 1. The lowest BCUT2D eigenvalue weighted by Crippen LogP contribution is -2.39. The smallest absolute Gasteiger partial charge is 0.270 e. The van der Waals surface area contributed by atoms with Gasteiger partial charge in [-0.3, -0.25) is 14.9 Å². The summed E-state index contributed by atoms with van der Waals surface area (Å²) in [4.78, 5) is 30.3. The Morgan fingerprint density at radius 3 is 2.79 bits per heavy atom. The molecule has 29 heavy (non-hydrogen) atoms. The highest BCUT2D eigenvalue weighted by molar-refractivity contribution is 6.00. The highest BCUT2D eigenvalue weighted by Crippen LogP contribution is 2.56. The summed E-state index contributed by atoms with van der Waals surface area (Å²) in [5.41, 5.74) is 6.44.